The molecule has 0 amide bonds. The van der Waals surface area contributed by atoms with Crippen LogP contribution in [0.3, 0.4) is 0 Å². The van der Waals surface area contributed by atoms with Gasteiger partial charge in [-0.2, -0.15) is 4.57 Å². The summed E-state index contributed by atoms with van der Waals surface area (Å²) in [5.74, 6) is 1.16. The number of aryl methyl sites for hydroxylation is 3. The van der Waals surface area contributed by atoms with Crippen molar-refractivity contribution in [1.82, 2.24) is 4.57 Å². The summed E-state index contributed by atoms with van der Waals surface area (Å²) in [4.78, 5) is 0. The van der Waals surface area contributed by atoms with E-state index in [9.17, 15) is 0 Å². The standard InChI is InChI=1S/C19H19N2S.ClH/c1-14-7-9-16(10-8-14)18-13-20-11-12-22-19(20)21(18)17-6-4-3-5-15(17)2;/h3-10,13H,11-12H2,1-2H3;1H/q+1;/p-1. The Morgan fingerprint density at radius 1 is 1.00 bits per heavy atom. The number of thioether (sulfide) groups is 1. The maximum atomic E-state index is 2.41. The summed E-state index contributed by atoms with van der Waals surface area (Å²) in [7, 11) is 0. The summed E-state index contributed by atoms with van der Waals surface area (Å²) >= 11 is 1.94. The molecule has 4 rings (SSSR count). The first-order valence-electron chi connectivity index (χ1n) is 7.65. The van der Waals surface area contributed by atoms with Gasteiger partial charge < -0.3 is 12.4 Å². The summed E-state index contributed by atoms with van der Waals surface area (Å²) in [6.07, 6.45) is 2.30. The lowest BCUT2D eigenvalue weighted by Crippen LogP contribution is -3.00. The van der Waals surface area contributed by atoms with Gasteiger partial charge in [-0.25, -0.2) is 4.57 Å². The minimum absolute atomic E-state index is 0. The van der Waals surface area contributed by atoms with E-state index in [1.54, 1.807) is 0 Å². The molecular formula is C19H19ClN2S. The quantitative estimate of drug-likeness (QED) is 0.635. The largest absolute Gasteiger partial charge is 1.00 e. The molecule has 0 aliphatic carbocycles. The van der Waals surface area contributed by atoms with E-state index in [1.165, 1.54) is 33.2 Å². The zero-order chi connectivity index (χ0) is 15.1. The second-order valence-corrected chi connectivity index (χ2v) is 6.89. The SMILES string of the molecule is Cc1ccc(-c2c[n+]3c(n2-c2ccccc2C)SCC3)cc1.[Cl-]. The molecule has 1 aliphatic heterocycles. The lowest BCUT2D eigenvalue weighted by atomic mass is 10.1. The van der Waals surface area contributed by atoms with Crippen molar-refractivity contribution in [2.75, 3.05) is 5.75 Å². The van der Waals surface area contributed by atoms with Gasteiger partial charge in [0, 0.05) is 11.3 Å². The number of rotatable bonds is 2. The average molecular weight is 343 g/mol. The summed E-state index contributed by atoms with van der Waals surface area (Å²) in [5.41, 5.74) is 6.43. The van der Waals surface area contributed by atoms with Crippen molar-refractivity contribution in [2.24, 2.45) is 0 Å². The number of hydrogen-bond donors (Lipinski definition) is 0. The van der Waals surface area contributed by atoms with E-state index in [-0.39, 0.29) is 12.4 Å². The molecule has 3 aromatic rings. The third-order valence-electron chi connectivity index (χ3n) is 4.22. The molecule has 0 saturated heterocycles. The molecule has 118 valence electrons. The Morgan fingerprint density at radius 3 is 2.48 bits per heavy atom. The predicted molar refractivity (Wildman–Crippen MR) is 91.6 cm³/mol. The van der Waals surface area contributed by atoms with Crippen LogP contribution >= 0.6 is 11.8 Å². The van der Waals surface area contributed by atoms with Crippen LogP contribution in [0.4, 0.5) is 0 Å². The number of imidazole rings is 1. The van der Waals surface area contributed by atoms with E-state index in [0.717, 1.165) is 12.3 Å². The first-order valence-corrected chi connectivity index (χ1v) is 8.63. The lowest BCUT2D eigenvalue weighted by Gasteiger charge is -2.07. The number of para-hydroxylation sites is 1. The molecule has 0 spiro atoms. The predicted octanol–water partition coefficient (Wildman–Crippen LogP) is 1.16. The van der Waals surface area contributed by atoms with Gasteiger partial charge in [0.25, 0.3) is 0 Å². The van der Waals surface area contributed by atoms with Gasteiger partial charge >= 0.3 is 5.16 Å². The van der Waals surface area contributed by atoms with Crippen molar-refractivity contribution in [3.63, 3.8) is 0 Å². The topological polar surface area (TPSA) is 8.81 Å². The van der Waals surface area contributed by atoms with E-state index in [2.05, 4.69) is 77.7 Å². The van der Waals surface area contributed by atoms with Crippen LogP contribution in [0.5, 0.6) is 0 Å². The number of halogens is 1. The Morgan fingerprint density at radius 2 is 1.74 bits per heavy atom. The van der Waals surface area contributed by atoms with Crippen LogP contribution in [0.15, 0.2) is 59.9 Å². The van der Waals surface area contributed by atoms with E-state index < -0.39 is 0 Å². The fourth-order valence-electron chi connectivity index (χ4n) is 3.01. The van der Waals surface area contributed by atoms with Gasteiger partial charge in [-0.05, 0) is 37.2 Å². The molecule has 23 heavy (non-hydrogen) atoms. The zero-order valence-electron chi connectivity index (χ0n) is 13.3. The maximum absolute atomic E-state index is 2.41. The van der Waals surface area contributed by atoms with E-state index in [0.29, 0.717) is 0 Å². The Labute approximate surface area is 147 Å². The monoisotopic (exact) mass is 342 g/mol. The van der Waals surface area contributed by atoms with E-state index >= 15 is 0 Å². The van der Waals surface area contributed by atoms with Crippen LogP contribution in [-0.2, 0) is 6.54 Å². The molecule has 0 fully saturated rings. The van der Waals surface area contributed by atoms with Crippen LogP contribution in [0, 0.1) is 13.8 Å². The molecule has 1 aromatic heterocycles. The Balaban J connectivity index is 0.00000156. The Kier molecular flexibility index (Phi) is 4.51. The molecule has 0 unspecified atom stereocenters. The zero-order valence-corrected chi connectivity index (χ0v) is 14.9. The van der Waals surface area contributed by atoms with Crippen LogP contribution in [-0.4, -0.2) is 10.3 Å². The van der Waals surface area contributed by atoms with Gasteiger partial charge in [0.2, 0.25) is 0 Å². The second kappa shape index (κ2) is 6.42. The molecule has 0 radical (unpaired) electrons. The van der Waals surface area contributed by atoms with Gasteiger partial charge in [0.1, 0.15) is 18.4 Å². The molecule has 0 N–H and O–H groups in total. The fourth-order valence-corrected chi connectivity index (χ4v) is 4.12. The van der Waals surface area contributed by atoms with Crippen LogP contribution in [0.25, 0.3) is 16.9 Å². The van der Waals surface area contributed by atoms with Crippen molar-refractivity contribution in [3.8, 4) is 16.9 Å². The summed E-state index contributed by atoms with van der Waals surface area (Å²) in [6, 6.07) is 17.4. The fraction of sp³-hybridized carbons (Fsp3) is 0.211. The van der Waals surface area contributed by atoms with Crippen LogP contribution in [0.2, 0.25) is 0 Å². The summed E-state index contributed by atoms with van der Waals surface area (Å²) < 4.78 is 4.80. The molecule has 2 nitrogen and oxygen atoms in total. The highest BCUT2D eigenvalue weighted by Crippen LogP contribution is 2.32. The molecule has 0 saturated carbocycles. The highest BCUT2D eigenvalue weighted by Gasteiger charge is 2.30. The minimum atomic E-state index is 0. The third kappa shape index (κ3) is 2.79. The van der Waals surface area contributed by atoms with E-state index in [4.69, 9.17) is 0 Å². The second-order valence-electron chi connectivity index (χ2n) is 5.83. The van der Waals surface area contributed by atoms with Gasteiger partial charge in [-0.3, -0.25) is 0 Å². The average Bonchev–Trinajstić information content (AvgIpc) is 3.10. The highest BCUT2D eigenvalue weighted by molar-refractivity contribution is 7.99. The molecule has 0 atom stereocenters. The Hall–Kier alpha value is -1.71. The molecule has 1 aliphatic rings. The smallest absolute Gasteiger partial charge is 0.323 e. The van der Waals surface area contributed by atoms with Crippen LogP contribution < -0.4 is 17.0 Å². The van der Waals surface area contributed by atoms with Gasteiger partial charge in [-0.1, -0.05) is 48.0 Å². The van der Waals surface area contributed by atoms with Crippen molar-refractivity contribution in [1.29, 1.82) is 0 Å². The van der Waals surface area contributed by atoms with Crippen molar-refractivity contribution < 1.29 is 17.0 Å². The minimum Gasteiger partial charge on any atom is -1.00 e. The van der Waals surface area contributed by atoms with Gasteiger partial charge in [-0.15, -0.1) is 0 Å². The first-order chi connectivity index (χ1) is 10.7. The summed E-state index contributed by atoms with van der Waals surface area (Å²) in [6.45, 7) is 5.41. The number of benzene rings is 2. The van der Waals surface area contributed by atoms with Crippen LogP contribution in [0.1, 0.15) is 11.1 Å². The normalized spacial score (nSPS) is 12.8. The van der Waals surface area contributed by atoms with Crippen molar-refractivity contribution >= 4 is 11.8 Å². The maximum Gasteiger partial charge on any atom is 0.323 e. The van der Waals surface area contributed by atoms with Gasteiger partial charge in [0.15, 0.2) is 5.69 Å². The van der Waals surface area contributed by atoms with E-state index in [1.807, 2.05) is 11.8 Å². The van der Waals surface area contributed by atoms with Gasteiger partial charge in [0.05, 0.1) is 0 Å². The van der Waals surface area contributed by atoms with Crippen molar-refractivity contribution in [2.45, 2.75) is 25.5 Å². The third-order valence-corrected chi connectivity index (χ3v) is 5.29. The summed E-state index contributed by atoms with van der Waals surface area (Å²) in [5, 5.41) is 1.34. The molecular weight excluding hydrogens is 324 g/mol. The first kappa shape index (κ1) is 16.2. The molecule has 0 bridgehead atoms. The number of fused-ring (bicyclic) bond motifs is 1. The lowest BCUT2D eigenvalue weighted by molar-refractivity contribution is -0.723. The molecule has 2 aromatic carbocycles. The molecule has 2 heterocycles. The number of hydrogen-bond acceptors (Lipinski definition) is 1. The number of nitrogens with zero attached hydrogens (tertiary/aromatic N) is 2. The molecule has 4 heteroatoms. The number of aromatic nitrogens is 2. The van der Waals surface area contributed by atoms with Crippen molar-refractivity contribution in [3.05, 3.63) is 65.9 Å². The highest BCUT2D eigenvalue weighted by atomic mass is 35.5. The Bertz CT molecular complexity index is 837.